The summed E-state index contributed by atoms with van der Waals surface area (Å²) in [7, 11) is 0. The van der Waals surface area contributed by atoms with Gasteiger partial charge in [-0.05, 0) is 18.2 Å². The van der Waals surface area contributed by atoms with Gasteiger partial charge in [-0.1, -0.05) is 17.5 Å². The Kier molecular flexibility index (Phi) is 3.38. The molecule has 0 fully saturated rings. The van der Waals surface area contributed by atoms with Crippen molar-refractivity contribution in [3.05, 3.63) is 28.8 Å². The molecule has 72 valence electrons. The van der Waals surface area contributed by atoms with Gasteiger partial charge in [0.2, 0.25) is 5.91 Å². The molecule has 3 nitrogen and oxygen atoms in total. The zero-order valence-corrected chi connectivity index (χ0v) is 8.14. The van der Waals surface area contributed by atoms with Crippen LogP contribution < -0.4 is 11.1 Å². The predicted octanol–water partition coefficient (Wildman–Crippen LogP) is 1.48. The summed E-state index contributed by atoms with van der Waals surface area (Å²) in [6, 6.07) is 4.90. The van der Waals surface area contributed by atoms with Gasteiger partial charge in [-0.3, -0.25) is 4.79 Å². The van der Waals surface area contributed by atoms with Crippen LogP contribution in [0.1, 0.15) is 10.4 Å². The molecular weight excluding hydrogens is 200 g/mol. The molecule has 0 unspecified atom stereocenters. The van der Waals surface area contributed by atoms with Gasteiger partial charge in [0.25, 0.3) is 0 Å². The number of hydrogen-bond acceptors (Lipinski definition) is 2. The van der Waals surface area contributed by atoms with Crippen LogP contribution in [0.5, 0.6) is 0 Å². The van der Waals surface area contributed by atoms with E-state index in [-0.39, 0.29) is 5.56 Å². The molecule has 1 amide bonds. The smallest absolute Gasteiger partial charge is 0.250 e. The fraction of sp³-hybridized carbons (Fsp3) is 0.100. The quantitative estimate of drug-likeness (QED) is 0.740. The minimum atomic E-state index is -0.556. The molecule has 1 aromatic rings. The van der Waals surface area contributed by atoms with Crippen molar-refractivity contribution < 1.29 is 4.79 Å². The molecule has 0 saturated carbocycles. The molecule has 14 heavy (non-hydrogen) atoms. The van der Waals surface area contributed by atoms with E-state index < -0.39 is 5.91 Å². The number of terminal acetylenes is 1. The summed E-state index contributed by atoms with van der Waals surface area (Å²) in [5.41, 5.74) is 6.13. The van der Waals surface area contributed by atoms with E-state index in [1.807, 2.05) is 0 Å². The Morgan fingerprint density at radius 2 is 2.36 bits per heavy atom. The third-order valence-corrected chi connectivity index (χ3v) is 1.96. The lowest BCUT2D eigenvalue weighted by atomic mass is 10.2. The van der Waals surface area contributed by atoms with Gasteiger partial charge < -0.3 is 11.1 Å². The summed E-state index contributed by atoms with van der Waals surface area (Å²) >= 11 is 5.76. The van der Waals surface area contributed by atoms with Crippen molar-refractivity contribution in [3.63, 3.8) is 0 Å². The largest absolute Gasteiger partial charge is 0.374 e. The Morgan fingerprint density at radius 1 is 1.64 bits per heavy atom. The van der Waals surface area contributed by atoms with E-state index in [0.717, 1.165) is 5.69 Å². The standard InChI is InChI=1S/C10H9ClN2O/c1-2-5-13-7-3-4-9(11)8(6-7)10(12)14/h1,3-4,6,13H,5H2,(H2,12,14). The van der Waals surface area contributed by atoms with E-state index in [4.69, 9.17) is 23.8 Å². The third-order valence-electron chi connectivity index (χ3n) is 1.63. The summed E-state index contributed by atoms with van der Waals surface area (Å²) in [5.74, 6) is 1.86. The number of carbonyl (C=O) groups is 1. The van der Waals surface area contributed by atoms with Crippen LogP contribution in [0.4, 0.5) is 5.69 Å². The van der Waals surface area contributed by atoms with Gasteiger partial charge in [-0.25, -0.2) is 0 Å². The molecule has 0 spiro atoms. The van der Waals surface area contributed by atoms with Crippen molar-refractivity contribution >= 4 is 23.2 Å². The highest BCUT2D eigenvalue weighted by molar-refractivity contribution is 6.33. The number of benzene rings is 1. The van der Waals surface area contributed by atoms with Gasteiger partial charge in [0.1, 0.15) is 0 Å². The molecule has 1 aromatic carbocycles. The summed E-state index contributed by atoms with van der Waals surface area (Å²) in [5, 5.41) is 3.25. The van der Waals surface area contributed by atoms with Gasteiger partial charge in [0, 0.05) is 5.69 Å². The van der Waals surface area contributed by atoms with Crippen LogP contribution in [0.3, 0.4) is 0 Å². The highest BCUT2D eigenvalue weighted by atomic mass is 35.5. The van der Waals surface area contributed by atoms with Crippen LogP contribution in [0.2, 0.25) is 5.02 Å². The predicted molar refractivity (Wildman–Crippen MR) is 57.3 cm³/mol. The number of primary amides is 1. The lowest BCUT2D eigenvalue weighted by Gasteiger charge is -2.05. The van der Waals surface area contributed by atoms with E-state index >= 15 is 0 Å². The number of nitrogens with two attached hydrogens (primary N) is 1. The maximum Gasteiger partial charge on any atom is 0.250 e. The molecule has 0 heterocycles. The minimum Gasteiger partial charge on any atom is -0.374 e. The first-order chi connectivity index (χ1) is 6.65. The van der Waals surface area contributed by atoms with Gasteiger partial charge in [-0.15, -0.1) is 6.42 Å². The normalized spacial score (nSPS) is 9.14. The summed E-state index contributed by atoms with van der Waals surface area (Å²) in [4.78, 5) is 10.9. The second-order valence-electron chi connectivity index (χ2n) is 2.62. The molecule has 4 heteroatoms. The number of halogens is 1. The number of rotatable bonds is 3. The second-order valence-corrected chi connectivity index (χ2v) is 3.02. The fourth-order valence-corrected chi connectivity index (χ4v) is 1.19. The van der Waals surface area contributed by atoms with Crippen LogP contribution in [-0.4, -0.2) is 12.5 Å². The summed E-state index contributed by atoms with van der Waals surface area (Å²) in [6.45, 7) is 0.389. The third kappa shape index (κ3) is 2.41. The molecule has 0 aliphatic rings. The average molecular weight is 209 g/mol. The second kappa shape index (κ2) is 4.54. The van der Waals surface area contributed by atoms with Crippen molar-refractivity contribution in [2.45, 2.75) is 0 Å². The number of anilines is 1. The van der Waals surface area contributed by atoms with E-state index in [1.54, 1.807) is 18.2 Å². The van der Waals surface area contributed by atoms with Crippen LogP contribution in [0.15, 0.2) is 18.2 Å². The van der Waals surface area contributed by atoms with Gasteiger partial charge in [0.05, 0.1) is 17.1 Å². The zero-order valence-electron chi connectivity index (χ0n) is 7.38. The lowest BCUT2D eigenvalue weighted by molar-refractivity contribution is 0.100. The van der Waals surface area contributed by atoms with E-state index in [0.29, 0.717) is 11.6 Å². The molecule has 0 atom stereocenters. The van der Waals surface area contributed by atoms with Crippen molar-refractivity contribution in [1.82, 2.24) is 0 Å². The van der Waals surface area contributed by atoms with E-state index in [9.17, 15) is 4.79 Å². The summed E-state index contributed by atoms with van der Waals surface area (Å²) < 4.78 is 0. The molecule has 0 aliphatic carbocycles. The monoisotopic (exact) mass is 208 g/mol. The first kappa shape index (κ1) is 10.4. The Balaban J connectivity index is 2.96. The molecule has 0 aromatic heterocycles. The van der Waals surface area contributed by atoms with E-state index in [2.05, 4.69) is 11.2 Å². The van der Waals surface area contributed by atoms with Crippen molar-refractivity contribution in [1.29, 1.82) is 0 Å². The van der Waals surface area contributed by atoms with Crippen LogP contribution in [0.25, 0.3) is 0 Å². The fourth-order valence-electron chi connectivity index (χ4n) is 0.977. The van der Waals surface area contributed by atoms with Gasteiger partial charge in [0.15, 0.2) is 0 Å². The van der Waals surface area contributed by atoms with Gasteiger partial charge in [-0.2, -0.15) is 0 Å². The molecule has 0 bridgehead atoms. The first-order valence-electron chi connectivity index (χ1n) is 3.92. The molecule has 0 aliphatic heterocycles. The molecule has 0 radical (unpaired) electrons. The topological polar surface area (TPSA) is 55.1 Å². The van der Waals surface area contributed by atoms with Crippen molar-refractivity contribution in [3.8, 4) is 12.3 Å². The lowest BCUT2D eigenvalue weighted by Crippen LogP contribution is -2.12. The number of hydrogen-bond donors (Lipinski definition) is 2. The van der Waals surface area contributed by atoms with Crippen LogP contribution >= 0.6 is 11.6 Å². The Bertz CT molecular complexity index is 396. The van der Waals surface area contributed by atoms with Crippen molar-refractivity contribution in [2.24, 2.45) is 5.73 Å². The number of nitrogens with one attached hydrogen (secondary N) is 1. The Hall–Kier alpha value is -1.66. The first-order valence-corrected chi connectivity index (χ1v) is 4.29. The number of amides is 1. The molecular formula is C10H9ClN2O. The summed E-state index contributed by atoms with van der Waals surface area (Å²) in [6.07, 6.45) is 5.07. The highest BCUT2D eigenvalue weighted by Gasteiger charge is 2.06. The Labute approximate surface area is 87.2 Å². The molecule has 1 rings (SSSR count). The Morgan fingerprint density at radius 3 is 2.93 bits per heavy atom. The molecule has 3 N–H and O–H groups in total. The van der Waals surface area contributed by atoms with Crippen molar-refractivity contribution in [2.75, 3.05) is 11.9 Å². The average Bonchev–Trinajstić information content (AvgIpc) is 2.16. The maximum absolute atomic E-state index is 10.9. The zero-order chi connectivity index (χ0) is 10.6. The minimum absolute atomic E-state index is 0.286. The van der Waals surface area contributed by atoms with Crippen LogP contribution in [0, 0.1) is 12.3 Å². The molecule has 0 saturated heterocycles. The highest BCUT2D eigenvalue weighted by Crippen LogP contribution is 2.19. The number of carbonyl (C=O) groups excluding carboxylic acids is 1. The van der Waals surface area contributed by atoms with Crippen LogP contribution in [-0.2, 0) is 0 Å². The van der Waals surface area contributed by atoms with E-state index in [1.165, 1.54) is 0 Å². The van der Waals surface area contributed by atoms with Gasteiger partial charge >= 0.3 is 0 Å². The SMILES string of the molecule is C#CCNc1ccc(Cl)c(C(N)=O)c1. The maximum atomic E-state index is 10.9.